The van der Waals surface area contributed by atoms with Gasteiger partial charge in [-0.3, -0.25) is 0 Å². The molecule has 0 aliphatic rings. The SMILES string of the molecule is O=[PH+]C(Cl)(Cl)Cl. The van der Waals surface area contributed by atoms with Gasteiger partial charge in [-0.15, -0.1) is 0 Å². The molecule has 1 unspecified atom stereocenters. The molecule has 0 heterocycles. The van der Waals surface area contributed by atoms with Gasteiger partial charge in [0.25, 0.3) is 0 Å². The third kappa shape index (κ3) is 4.97. The Morgan fingerprint density at radius 2 is 1.50 bits per heavy atom. The Hall–Kier alpha value is 0.970. The van der Waals surface area contributed by atoms with E-state index in [0.717, 1.165) is 0 Å². The summed E-state index contributed by atoms with van der Waals surface area (Å²) in [6.07, 6.45) is 0. The molecule has 0 aromatic carbocycles. The van der Waals surface area contributed by atoms with Crippen LogP contribution in [0.5, 0.6) is 0 Å². The Morgan fingerprint density at radius 1 is 1.33 bits per heavy atom. The van der Waals surface area contributed by atoms with E-state index in [1.807, 2.05) is 0 Å². The number of rotatable bonds is 0. The fraction of sp³-hybridized carbons (Fsp3) is 1.00. The Bertz CT molecular complexity index is 56.3. The summed E-state index contributed by atoms with van der Waals surface area (Å²) in [5.74, 6) is 0. The van der Waals surface area contributed by atoms with Crippen LogP contribution in [0.1, 0.15) is 0 Å². The third-order valence-electron chi connectivity index (χ3n) is 0.116. The van der Waals surface area contributed by atoms with Gasteiger partial charge in [-0.2, -0.15) is 0 Å². The van der Waals surface area contributed by atoms with Gasteiger partial charge in [0, 0.05) is 0 Å². The Labute approximate surface area is 51.8 Å². The van der Waals surface area contributed by atoms with Crippen molar-refractivity contribution in [2.75, 3.05) is 0 Å². The lowest BCUT2D eigenvalue weighted by Crippen LogP contribution is -1.82. The highest BCUT2D eigenvalue weighted by atomic mass is 35.6. The first-order chi connectivity index (χ1) is 2.56. The minimum absolute atomic E-state index is 0.887. The number of hydrogen-bond donors (Lipinski definition) is 0. The van der Waals surface area contributed by atoms with Gasteiger partial charge in [0.2, 0.25) is 0 Å². The zero-order valence-corrected chi connectivity index (χ0v) is 5.81. The topological polar surface area (TPSA) is 17.1 Å². The highest BCUT2D eigenvalue weighted by Crippen LogP contribution is 2.36. The van der Waals surface area contributed by atoms with Crippen molar-refractivity contribution in [3.05, 3.63) is 0 Å². The molecule has 0 aliphatic heterocycles. The molecule has 1 atom stereocenters. The zero-order valence-electron chi connectivity index (χ0n) is 2.54. The minimum Gasteiger partial charge on any atom is -0.0724 e. The molecule has 0 aromatic rings. The largest absolute Gasteiger partial charge is 0.385 e. The van der Waals surface area contributed by atoms with Crippen molar-refractivity contribution < 1.29 is 4.57 Å². The van der Waals surface area contributed by atoms with Crippen LogP contribution in [0.3, 0.4) is 0 Å². The van der Waals surface area contributed by atoms with Gasteiger partial charge in [-0.1, -0.05) is 4.57 Å². The molecule has 0 spiro atoms. The van der Waals surface area contributed by atoms with Crippen molar-refractivity contribution in [1.82, 2.24) is 0 Å². The van der Waals surface area contributed by atoms with Gasteiger partial charge in [-0.05, 0) is 34.8 Å². The second-order valence-electron chi connectivity index (χ2n) is 0.600. The van der Waals surface area contributed by atoms with Crippen molar-refractivity contribution in [2.45, 2.75) is 3.53 Å². The summed E-state index contributed by atoms with van der Waals surface area (Å²) in [5.41, 5.74) is 0. The van der Waals surface area contributed by atoms with Gasteiger partial charge < -0.3 is 0 Å². The van der Waals surface area contributed by atoms with E-state index in [1.54, 1.807) is 0 Å². The Balaban J connectivity index is 3.45. The van der Waals surface area contributed by atoms with Crippen LogP contribution in [0.25, 0.3) is 0 Å². The van der Waals surface area contributed by atoms with E-state index >= 15 is 0 Å². The molecule has 0 fully saturated rings. The highest BCUT2D eigenvalue weighted by molar-refractivity contribution is 7.37. The summed E-state index contributed by atoms with van der Waals surface area (Å²) in [6.45, 7) is 0. The summed E-state index contributed by atoms with van der Waals surface area (Å²) in [6, 6.07) is 0. The monoisotopic (exact) mass is 165 g/mol. The van der Waals surface area contributed by atoms with Crippen molar-refractivity contribution in [1.29, 1.82) is 0 Å². The molecule has 0 saturated heterocycles. The molecular formula is CHCl3OP+. The molecule has 0 bridgehead atoms. The number of alkyl halides is 3. The van der Waals surface area contributed by atoms with Gasteiger partial charge >= 0.3 is 12.0 Å². The second kappa shape index (κ2) is 2.32. The van der Waals surface area contributed by atoms with Gasteiger partial charge in [0.15, 0.2) is 0 Å². The van der Waals surface area contributed by atoms with E-state index in [2.05, 4.69) is 0 Å². The predicted molar refractivity (Wildman–Crippen MR) is 29.3 cm³/mol. The fourth-order valence-corrected chi connectivity index (χ4v) is 0. The van der Waals surface area contributed by atoms with Crippen LogP contribution >= 0.6 is 43.3 Å². The fourth-order valence-electron chi connectivity index (χ4n) is 0. The lowest BCUT2D eigenvalue weighted by molar-refractivity contribution is 0.599. The van der Waals surface area contributed by atoms with Crippen LogP contribution in [0.2, 0.25) is 0 Å². The maximum absolute atomic E-state index is 9.58. The molecule has 5 heteroatoms. The zero-order chi connectivity index (χ0) is 5.21. The summed E-state index contributed by atoms with van der Waals surface area (Å²) >= 11 is 14.8. The van der Waals surface area contributed by atoms with E-state index in [1.165, 1.54) is 0 Å². The molecule has 0 aliphatic carbocycles. The van der Waals surface area contributed by atoms with Crippen LogP contribution in [0, 0.1) is 0 Å². The molecule has 0 rings (SSSR count). The van der Waals surface area contributed by atoms with Gasteiger partial charge in [0.1, 0.15) is 0 Å². The van der Waals surface area contributed by atoms with E-state index in [4.69, 9.17) is 34.8 Å². The van der Waals surface area contributed by atoms with Crippen LogP contribution in [0.15, 0.2) is 0 Å². The summed E-state index contributed by atoms with van der Waals surface area (Å²) in [7, 11) is -0.887. The molecule has 6 heavy (non-hydrogen) atoms. The summed E-state index contributed by atoms with van der Waals surface area (Å²) in [5, 5.41) is 0. The Morgan fingerprint density at radius 3 is 1.50 bits per heavy atom. The van der Waals surface area contributed by atoms with Crippen molar-refractivity contribution in [3.8, 4) is 0 Å². The smallest absolute Gasteiger partial charge is 0.0724 e. The Kier molecular flexibility index (Phi) is 2.70. The van der Waals surface area contributed by atoms with E-state index in [0.29, 0.717) is 0 Å². The van der Waals surface area contributed by atoms with E-state index < -0.39 is 12.0 Å². The molecule has 1 nitrogen and oxygen atoms in total. The van der Waals surface area contributed by atoms with Crippen LogP contribution in [0.4, 0.5) is 0 Å². The predicted octanol–water partition coefficient (Wildman–Crippen LogP) is 2.34. The minimum atomic E-state index is -1.57. The molecule has 0 N–H and O–H groups in total. The average Bonchev–Trinajstić information content (AvgIpc) is 1.35. The van der Waals surface area contributed by atoms with Crippen LogP contribution < -0.4 is 0 Å². The van der Waals surface area contributed by atoms with Crippen LogP contribution in [-0.4, -0.2) is 3.53 Å². The van der Waals surface area contributed by atoms with Gasteiger partial charge in [0.05, 0.1) is 0 Å². The molecule has 0 amide bonds. The van der Waals surface area contributed by atoms with Gasteiger partial charge in [-0.25, -0.2) is 0 Å². The molecular weight excluding hydrogens is 165 g/mol. The number of hydrogen-bond acceptors (Lipinski definition) is 1. The first kappa shape index (κ1) is 6.97. The highest BCUT2D eigenvalue weighted by Gasteiger charge is 2.28. The van der Waals surface area contributed by atoms with E-state index in [-0.39, 0.29) is 0 Å². The lowest BCUT2D eigenvalue weighted by atomic mass is 11.8. The third-order valence-corrected chi connectivity index (χ3v) is 1.04. The first-order valence-electron chi connectivity index (χ1n) is 1.02. The normalized spacial score (nSPS) is 12.5. The summed E-state index contributed by atoms with van der Waals surface area (Å²) in [4.78, 5) is 0. The molecule has 0 radical (unpaired) electrons. The maximum atomic E-state index is 9.58. The first-order valence-corrected chi connectivity index (χ1v) is 3.06. The quantitative estimate of drug-likeness (QED) is 0.399. The van der Waals surface area contributed by atoms with Crippen molar-refractivity contribution in [2.24, 2.45) is 0 Å². The second-order valence-corrected chi connectivity index (χ2v) is 4.79. The molecule has 0 aromatic heterocycles. The number of halogens is 3. The maximum Gasteiger partial charge on any atom is 0.385 e. The van der Waals surface area contributed by atoms with E-state index in [9.17, 15) is 4.57 Å². The van der Waals surface area contributed by atoms with Crippen LogP contribution in [-0.2, 0) is 4.57 Å². The lowest BCUT2D eigenvalue weighted by Gasteiger charge is -1.81. The standard InChI is InChI=1S/CCl3OP/c2-1(3,4)6-5/p+1. The molecule has 0 saturated carbocycles. The summed E-state index contributed by atoms with van der Waals surface area (Å²) < 4.78 is 8.01. The van der Waals surface area contributed by atoms with Crippen molar-refractivity contribution >= 4 is 43.3 Å². The molecule has 36 valence electrons. The van der Waals surface area contributed by atoms with Crippen molar-refractivity contribution in [3.63, 3.8) is 0 Å². The average molecular weight is 166 g/mol.